The van der Waals surface area contributed by atoms with Crippen molar-refractivity contribution in [2.24, 2.45) is 0 Å². The molecule has 1 aromatic carbocycles. The van der Waals surface area contributed by atoms with Crippen molar-refractivity contribution in [3.8, 4) is 0 Å². The fourth-order valence-electron chi connectivity index (χ4n) is 2.29. The summed E-state index contributed by atoms with van der Waals surface area (Å²) in [6, 6.07) is 0. The van der Waals surface area contributed by atoms with E-state index in [9.17, 15) is 4.39 Å². The molecular weight excluding hydrogens is 449 g/mol. The van der Waals surface area contributed by atoms with Gasteiger partial charge in [0, 0.05) is 20.0 Å². The summed E-state index contributed by atoms with van der Waals surface area (Å²) in [7, 11) is 0. The lowest BCUT2D eigenvalue weighted by molar-refractivity contribution is -0.0369. The van der Waals surface area contributed by atoms with E-state index in [2.05, 4.69) is 21.0 Å². The van der Waals surface area contributed by atoms with Gasteiger partial charge in [-0.3, -0.25) is 0 Å². The Hall–Kier alpha value is 0.0800. The molecule has 1 atom stereocenters. The van der Waals surface area contributed by atoms with Gasteiger partial charge in [0.25, 0.3) is 0 Å². The summed E-state index contributed by atoms with van der Waals surface area (Å²) >= 11 is 11.5. The fraction of sp³-hybridized carbons (Fsp3) is 0.417. The summed E-state index contributed by atoms with van der Waals surface area (Å²) in [5, 5.41) is 5.13. The molecule has 19 heavy (non-hydrogen) atoms. The van der Waals surface area contributed by atoms with Gasteiger partial charge >= 0.3 is 0 Å². The van der Waals surface area contributed by atoms with Gasteiger partial charge in [-0.1, -0.05) is 11.6 Å². The molecule has 1 saturated heterocycles. The molecule has 0 amide bonds. The smallest absolute Gasteiger partial charge is 0.168 e. The SMILES string of the molecule is Fc1c(Cl)c(I)c(Br)c2cnn(C3CCCCO3)c12. The van der Waals surface area contributed by atoms with E-state index in [4.69, 9.17) is 16.3 Å². The molecule has 1 fully saturated rings. The first-order chi connectivity index (χ1) is 9.11. The van der Waals surface area contributed by atoms with Crippen LogP contribution in [0.5, 0.6) is 0 Å². The van der Waals surface area contributed by atoms with Crippen LogP contribution >= 0.6 is 50.1 Å². The Kier molecular flexibility index (Phi) is 4.03. The first-order valence-corrected chi connectivity index (χ1v) is 8.17. The van der Waals surface area contributed by atoms with Crippen LogP contribution in [0.2, 0.25) is 5.02 Å². The Morgan fingerprint density at radius 2 is 2.32 bits per heavy atom. The maximum atomic E-state index is 14.4. The van der Waals surface area contributed by atoms with Crippen LogP contribution in [0.15, 0.2) is 10.7 Å². The van der Waals surface area contributed by atoms with Crippen molar-refractivity contribution in [1.29, 1.82) is 0 Å². The van der Waals surface area contributed by atoms with Crippen molar-refractivity contribution in [1.82, 2.24) is 9.78 Å². The summed E-state index contributed by atoms with van der Waals surface area (Å²) in [5.41, 5.74) is 0.407. The van der Waals surface area contributed by atoms with Crippen molar-refractivity contribution in [3.05, 3.63) is 25.1 Å². The van der Waals surface area contributed by atoms with E-state index in [1.807, 2.05) is 22.6 Å². The Balaban J connectivity index is 2.22. The number of halogens is 4. The highest BCUT2D eigenvalue weighted by Gasteiger charge is 2.24. The lowest BCUT2D eigenvalue weighted by Gasteiger charge is -2.23. The summed E-state index contributed by atoms with van der Waals surface area (Å²) in [6.45, 7) is 0.687. The molecular formula is C12H10BrClFIN2O. The van der Waals surface area contributed by atoms with Crippen LogP contribution in [0.1, 0.15) is 25.5 Å². The fourth-order valence-corrected chi connectivity index (χ4v) is 3.61. The predicted octanol–water partition coefficient (Wildman–Crippen LogP) is 4.90. The molecule has 102 valence electrons. The summed E-state index contributed by atoms with van der Waals surface area (Å²) in [5.74, 6) is -0.434. The maximum absolute atomic E-state index is 14.4. The van der Waals surface area contributed by atoms with E-state index < -0.39 is 5.82 Å². The van der Waals surface area contributed by atoms with Crippen molar-refractivity contribution in [3.63, 3.8) is 0 Å². The zero-order valence-electron chi connectivity index (χ0n) is 9.80. The lowest BCUT2D eigenvalue weighted by Crippen LogP contribution is -2.19. The summed E-state index contributed by atoms with van der Waals surface area (Å²) in [6.07, 6.45) is 4.40. The van der Waals surface area contributed by atoms with Crippen LogP contribution in [0, 0.1) is 9.39 Å². The number of benzene rings is 1. The maximum Gasteiger partial charge on any atom is 0.168 e. The van der Waals surface area contributed by atoms with Crippen LogP contribution in [-0.2, 0) is 4.74 Å². The van der Waals surface area contributed by atoms with Gasteiger partial charge in [-0.15, -0.1) is 0 Å². The standard InChI is InChI=1S/C12H10BrClFIN2O/c13-8-6-5-17-18(7-3-1-2-4-19-7)12(6)10(15)9(14)11(8)16/h5,7H,1-4H2. The predicted molar refractivity (Wildman–Crippen MR) is 84.0 cm³/mol. The zero-order chi connectivity index (χ0) is 13.6. The summed E-state index contributed by atoms with van der Waals surface area (Å²) < 4.78 is 23.1. The molecule has 0 spiro atoms. The third kappa shape index (κ3) is 2.30. The summed E-state index contributed by atoms with van der Waals surface area (Å²) in [4.78, 5) is 0. The first kappa shape index (κ1) is 14.0. The molecule has 1 unspecified atom stereocenters. The van der Waals surface area contributed by atoms with Gasteiger partial charge in [-0.05, 0) is 57.8 Å². The van der Waals surface area contributed by atoms with E-state index in [1.165, 1.54) is 0 Å². The number of aromatic nitrogens is 2. The van der Waals surface area contributed by atoms with Gasteiger partial charge in [0.15, 0.2) is 12.0 Å². The molecule has 1 aliphatic heterocycles. The topological polar surface area (TPSA) is 27.1 Å². The molecule has 3 nitrogen and oxygen atoms in total. The minimum Gasteiger partial charge on any atom is -0.356 e. The van der Waals surface area contributed by atoms with Crippen molar-refractivity contribution in [2.45, 2.75) is 25.5 Å². The van der Waals surface area contributed by atoms with Crippen LogP contribution in [0.25, 0.3) is 10.9 Å². The molecule has 1 aliphatic rings. The van der Waals surface area contributed by atoms with Crippen LogP contribution in [0.4, 0.5) is 4.39 Å². The van der Waals surface area contributed by atoms with Crippen molar-refractivity contribution >= 4 is 61.0 Å². The molecule has 0 N–H and O–H groups in total. The van der Waals surface area contributed by atoms with E-state index in [0.29, 0.717) is 15.7 Å². The molecule has 1 aromatic heterocycles. The highest BCUT2D eigenvalue weighted by molar-refractivity contribution is 14.1. The van der Waals surface area contributed by atoms with E-state index >= 15 is 0 Å². The highest BCUT2D eigenvalue weighted by Crippen LogP contribution is 2.38. The second kappa shape index (κ2) is 5.46. The highest BCUT2D eigenvalue weighted by atomic mass is 127. The van der Waals surface area contributed by atoms with Gasteiger partial charge in [0.2, 0.25) is 0 Å². The van der Waals surface area contributed by atoms with E-state index in [1.54, 1.807) is 10.9 Å². The third-order valence-corrected chi connectivity index (χ3v) is 6.56. The Morgan fingerprint density at radius 1 is 1.53 bits per heavy atom. The lowest BCUT2D eigenvalue weighted by atomic mass is 10.2. The van der Waals surface area contributed by atoms with Gasteiger partial charge in [-0.25, -0.2) is 9.07 Å². The largest absolute Gasteiger partial charge is 0.356 e. The number of hydrogen-bond donors (Lipinski definition) is 0. The van der Waals surface area contributed by atoms with E-state index in [0.717, 1.165) is 29.1 Å². The Labute approximate surface area is 136 Å². The van der Waals surface area contributed by atoms with Gasteiger partial charge in [0.1, 0.15) is 5.52 Å². The molecule has 0 saturated carbocycles. The van der Waals surface area contributed by atoms with Gasteiger partial charge in [0.05, 0.1) is 11.2 Å². The third-order valence-electron chi connectivity index (χ3n) is 3.25. The van der Waals surface area contributed by atoms with Gasteiger partial charge in [-0.2, -0.15) is 5.10 Å². The molecule has 0 bridgehead atoms. The molecule has 2 heterocycles. The van der Waals surface area contributed by atoms with Crippen molar-refractivity contribution in [2.75, 3.05) is 6.61 Å². The zero-order valence-corrected chi connectivity index (χ0v) is 14.3. The monoisotopic (exact) mass is 458 g/mol. The Bertz CT molecular complexity index is 642. The first-order valence-electron chi connectivity index (χ1n) is 5.92. The number of hydrogen-bond acceptors (Lipinski definition) is 2. The number of rotatable bonds is 1. The quantitative estimate of drug-likeness (QED) is 0.345. The molecule has 0 radical (unpaired) electrons. The molecule has 7 heteroatoms. The second-order valence-corrected chi connectivity index (χ2v) is 6.68. The molecule has 2 aromatic rings. The Morgan fingerprint density at radius 3 is 3.00 bits per heavy atom. The number of fused-ring (bicyclic) bond motifs is 1. The molecule has 3 rings (SSSR count). The van der Waals surface area contributed by atoms with Gasteiger partial charge < -0.3 is 4.74 Å². The number of ether oxygens (including phenoxy) is 1. The van der Waals surface area contributed by atoms with Crippen LogP contribution in [-0.4, -0.2) is 16.4 Å². The number of nitrogens with zero attached hydrogens (tertiary/aromatic N) is 2. The minimum atomic E-state index is -0.434. The van der Waals surface area contributed by atoms with E-state index in [-0.39, 0.29) is 11.3 Å². The average Bonchev–Trinajstić information content (AvgIpc) is 2.88. The van der Waals surface area contributed by atoms with Crippen LogP contribution < -0.4 is 0 Å². The second-order valence-electron chi connectivity index (χ2n) is 4.43. The minimum absolute atomic E-state index is 0.123. The molecule has 0 aliphatic carbocycles. The van der Waals surface area contributed by atoms with Crippen LogP contribution in [0.3, 0.4) is 0 Å². The average molecular weight is 459 g/mol. The normalized spacial score (nSPS) is 20.1. The van der Waals surface area contributed by atoms with Crippen molar-refractivity contribution < 1.29 is 9.13 Å².